The highest BCUT2D eigenvalue weighted by Crippen LogP contribution is 2.42. The molecule has 1 fully saturated rings. The van der Waals surface area contributed by atoms with E-state index >= 15 is 0 Å². The molecule has 0 aliphatic carbocycles. The van der Waals surface area contributed by atoms with E-state index in [2.05, 4.69) is 5.32 Å². The minimum atomic E-state index is -0.568. The third-order valence-corrected chi connectivity index (χ3v) is 7.12. The van der Waals surface area contributed by atoms with Gasteiger partial charge in [-0.1, -0.05) is 48.5 Å². The first-order chi connectivity index (χ1) is 18.1. The summed E-state index contributed by atoms with van der Waals surface area (Å²) in [5.41, 5.74) is 9.21. The van der Waals surface area contributed by atoms with E-state index in [-0.39, 0.29) is 6.09 Å². The topological polar surface area (TPSA) is 115 Å². The van der Waals surface area contributed by atoms with Crippen molar-refractivity contribution < 1.29 is 14.3 Å². The molecule has 38 heavy (non-hydrogen) atoms. The van der Waals surface area contributed by atoms with Crippen LogP contribution < -0.4 is 11.1 Å². The summed E-state index contributed by atoms with van der Waals surface area (Å²) in [6.07, 6.45) is 0.416. The second-order valence-electron chi connectivity index (χ2n) is 11.1. The number of nitrogens with two attached hydrogens (primary N) is 1. The van der Waals surface area contributed by atoms with Crippen LogP contribution in [0.5, 0.6) is 0 Å². The summed E-state index contributed by atoms with van der Waals surface area (Å²) in [7, 11) is 0. The van der Waals surface area contributed by atoms with Crippen molar-refractivity contribution in [1.29, 1.82) is 0 Å². The van der Waals surface area contributed by atoms with Gasteiger partial charge in [-0.25, -0.2) is 14.5 Å². The van der Waals surface area contributed by atoms with Gasteiger partial charge in [0.2, 0.25) is 0 Å². The summed E-state index contributed by atoms with van der Waals surface area (Å²) >= 11 is 0. The Morgan fingerprint density at radius 2 is 1.76 bits per heavy atom. The number of benzene rings is 2. The second-order valence-corrected chi connectivity index (χ2v) is 11.1. The molecule has 2 aromatic carbocycles. The number of fused-ring (bicyclic) bond motifs is 3. The molecule has 1 saturated heterocycles. The average Bonchev–Trinajstić information content (AvgIpc) is 3.26. The van der Waals surface area contributed by atoms with E-state index in [0.29, 0.717) is 36.7 Å². The maximum absolute atomic E-state index is 12.7. The van der Waals surface area contributed by atoms with Gasteiger partial charge < -0.3 is 20.7 Å². The Balaban J connectivity index is 1.38. The molecule has 194 valence electrons. The SMILES string of the molecule is CC(C)(C)OC(=O)N1CC2(CCNc3c(C(N)=O)c(-c4ccc5ccc(-c6ccccc6)nc5c4)nn32)C1. The first kappa shape index (κ1) is 24.0. The predicted molar refractivity (Wildman–Crippen MR) is 146 cm³/mol. The molecule has 1 spiro atoms. The van der Waals surface area contributed by atoms with Gasteiger partial charge in [0.1, 0.15) is 28.2 Å². The number of primary amides is 1. The Labute approximate surface area is 220 Å². The number of pyridine rings is 1. The van der Waals surface area contributed by atoms with Gasteiger partial charge in [-0.05, 0) is 39.3 Å². The number of aromatic nitrogens is 3. The Hall–Kier alpha value is -4.40. The number of nitrogens with one attached hydrogen (secondary N) is 1. The van der Waals surface area contributed by atoms with Crippen LogP contribution in [0.1, 0.15) is 37.6 Å². The van der Waals surface area contributed by atoms with Gasteiger partial charge in [-0.15, -0.1) is 0 Å². The quantitative estimate of drug-likeness (QED) is 0.415. The Kier molecular flexibility index (Phi) is 5.41. The molecule has 4 aromatic rings. The van der Waals surface area contributed by atoms with Crippen molar-refractivity contribution >= 4 is 28.7 Å². The van der Waals surface area contributed by atoms with E-state index < -0.39 is 17.0 Å². The lowest BCUT2D eigenvalue weighted by Gasteiger charge is -2.52. The number of nitrogens with zero attached hydrogens (tertiary/aromatic N) is 4. The molecule has 2 aliphatic rings. The summed E-state index contributed by atoms with van der Waals surface area (Å²) < 4.78 is 7.40. The summed E-state index contributed by atoms with van der Waals surface area (Å²) in [6.45, 7) is 7.11. The van der Waals surface area contributed by atoms with Gasteiger partial charge in [0, 0.05) is 23.1 Å². The molecule has 0 saturated carbocycles. The number of anilines is 1. The first-order valence-corrected chi connectivity index (χ1v) is 12.8. The van der Waals surface area contributed by atoms with Crippen molar-refractivity contribution in [2.75, 3.05) is 25.0 Å². The van der Waals surface area contributed by atoms with Crippen LogP contribution in [-0.2, 0) is 10.3 Å². The van der Waals surface area contributed by atoms with Crippen molar-refractivity contribution in [2.45, 2.75) is 38.3 Å². The lowest BCUT2D eigenvalue weighted by molar-refractivity contribution is -0.0359. The molecular weight excluding hydrogens is 480 g/mol. The van der Waals surface area contributed by atoms with Crippen LogP contribution in [0.2, 0.25) is 0 Å². The van der Waals surface area contributed by atoms with E-state index in [1.807, 2.05) is 86.1 Å². The summed E-state index contributed by atoms with van der Waals surface area (Å²) in [4.78, 5) is 31.9. The van der Waals surface area contributed by atoms with Crippen molar-refractivity contribution in [3.05, 3.63) is 66.2 Å². The fourth-order valence-electron chi connectivity index (χ4n) is 5.33. The van der Waals surface area contributed by atoms with E-state index in [1.54, 1.807) is 4.90 Å². The third kappa shape index (κ3) is 4.04. The Morgan fingerprint density at radius 3 is 2.47 bits per heavy atom. The monoisotopic (exact) mass is 510 g/mol. The molecule has 3 N–H and O–H groups in total. The lowest BCUT2D eigenvalue weighted by atomic mass is 9.85. The number of carbonyl (C=O) groups excluding carboxylic acids is 2. The lowest BCUT2D eigenvalue weighted by Crippen LogP contribution is -2.66. The fourth-order valence-corrected chi connectivity index (χ4v) is 5.33. The van der Waals surface area contributed by atoms with Crippen LogP contribution in [0.15, 0.2) is 60.7 Å². The minimum absolute atomic E-state index is 0.346. The number of ether oxygens (including phenoxy) is 1. The van der Waals surface area contributed by atoms with Crippen LogP contribution in [-0.4, -0.2) is 56.9 Å². The van der Waals surface area contributed by atoms with Crippen molar-refractivity contribution in [1.82, 2.24) is 19.7 Å². The van der Waals surface area contributed by atoms with Gasteiger partial charge >= 0.3 is 6.09 Å². The molecule has 2 amide bonds. The number of hydrogen-bond acceptors (Lipinski definition) is 6. The summed E-state index contributed by atoms with van der Waals surface area (Å²) in [5.74, 6) is 0.0360. The highest BCUT2D eigenvalue weighted by atomic mass is 16.6. The third-order valence-electron chi connectivity index (χ3n) is 7.12. The average molecular weight is 511 g/mol. The number of rotatable bonds is 3. The summed E-state index contributed by atoms with van der Waals surface area (Å²) in [6, 6.07) is 19.9. The smallest absolute Gasteiger partial charge is 0.410 e. The largest absolute Gasteiger partial charge is 0.444 e. The highest BCUT2D eigenvalue weighted by Gasteiger charge is 2.51. The van der Waals surface area contributed by atoms with Gasteiger partial charge in [0.05, 0.1) is 24.3 Å². The Morgan fingerprint density at radius 1 is 1.03 bits per heavy atom. The van der Waals surface area contributed by atoms with E-state index in [1.165, 1.54) is 0 Å². The molecule has 6 rings (SSSR count). The van der Waals surface area contributed by atoms with Crippen LogP contribution in [0.3, 0.4) is 0 Å². The summed E-state index contributed by atoms with van der Waals surface area (Å²) in [5, 5.41) is 9.23. The van der Waals surface area contributed by atoms with Crippen molar-refractivity contribution in [3.63, 3.8) is 0 Å². The van der Waals surface area contributed by atoms with Gasteiger partial charge in [-0.3, -0.25) is 4.79 Å². The zero-order valence-electron chi connectivity index (χ0n) is 21.7. The van der Waals surface area contributed by atoms with Gasteiger partial charge in [-0.2, -0.15) is 5.10 Å². The molecule has 9 nitrogen and oxygen atoms in total. The number of amides is 2. The van der Waals surface area contributed by atoms with E-state index in [4.69, 9.17) is 20.6 Å². The molecule has 0 unspecified atom stereocenters. The fraction of sp³-hybridized carbons (Fsp3) is 0.310. The molecule has 0 atom stereocenters. The van der Waals surface area contributed by atoms with E-state index in [0.717, 1.165) is 34.1 Å². The van der Waals surface area contributed by atoms with Crippen LogP contribution in [0.25, 0.3) is 33.4 Å². The molecule has 0 radical (unpaired) electrons. The molecular formula is C29H30N6O3. The zero-order chi connectivity index (χ0) is 26.7. The predicted octanol–water partition coefficient (Wildman–Crippen LogP) is 4.63. The van der Waals surface area contributed by atoms with Crippen LogP contribution in [0.4, 0.5) is 10.6 Å². The maximum atomic E-state index is 12.7. The van der Waals surface area contributed by atoms with Gasteiger partial charge in [0.15, 0.2) is 0 Å². The van der Waals surface area contributed by atoms with Crippen molar-refractivity contribution in [2.24, 2.45) is 5.73 Å². The molecule has 2 aliphatic heterocycles. The molecule has 9 heteroatoms. The number of carbonyl (C=O) groups is 2. The number of hydrogen-bond donors (Lipinski definition) is 2. The van der Waals surface area contributed by atoms with Crippen LogP contribution in [0, 0.1) is 0 Å². The highest BCUT2D eigenvalue weighted by molar-refractivity contribution is 6.04. The zero-order valence-corrected chi connectivity index (χ0v) is 21.7. The molecule has 4 heterocycles. The standard InChI is InChI=1S/C29H30N6O3/c1-28(2,3)38-27(37)34-16-29(17-34)13-14-31-26-23(25(30)36)24(33-35(26)29)20-10-9-19-11-12-21(32-22(19)15-20)18-7-5-4-6-8-18/h4-12,15,31H,13-14,16-17H2,1-3H3,(H2,30,36). The first-order valence-electron chi connectivity index (χ1n) is 12.8. The molecule has 2 aromatic heterocycles. The maximum Gasteiger partial charge on any atom is 0.410 e. The second kappa shape index (κ2) is 8.58. The van der Waals surface area contributed by atoms with E-state index in [9.17, 15) is 9.59 Å². The van der Waals surface area contributed by atoms with Crippen LogP contribution >= 0.6 is 0 Å². The number of likely N-dealkylation sites (tertiary alicyclic amines) is 1. The van der Waals surface area contributed by atoms with Crippen molar-refractivity contribution in [3.8, 4) is 22.5 Å². The normalized spacial score (nSPS) is 16.0. The van der Waals surface area contributed by atoms with Gasteiger partial charge in [0.25, 0.3) is 5.91 Å². The minimum Gasteiger partial charge on any atom is -0.444 e. The molecule has 0 bridgehead atoms. The Bertz CT molecular complexity index is 1560.